The second kappa shape index (κ2) is 3.05. The lowest BCUT2D eigenvalue weighted by molar-refractivity contribution is 0.0962. The zero-order valence-corrected chi connectivity index (χ0v) is 6.13. The number of nitrogens with one attached hydrogen (secondary N) is 1. The van der Waals surface area contributed by atoms with Crippen LogP contribution in [0.3, 0.4) is 0 Å². The highest BCUT2D eigenvalue weighted by atomic mass is 16.3. The summed E-state index contributed by atoms with van der Waals surface area (Å²) >= 11 is 0. The van der Waals surface area contributed by atoms with E-state index >= 15 is 0 Å². The molecule has 0 fully saturated rings. The highest BCUT2D eigenvalue weighted by molar-refractivity contribution is 5.94. The molecule has 0 spiro atoms. The molecule has 0 saturated carbocycles. The molecule has 0 aliphatic heterocycles. The van der Waals surface area contributed by atoms with Crippen LogP contribution in [0.15, 0.2) is 24.3 Å². The molecule has 11 heavy (non-hydrogen) atoms. The Labute approximate surface area is 64.7 Å². The maximum atomic E-state index is 10.9. The van der Waals surface area contributed by atoms with Gasteiger partial charge in [-0.3, -0.25) is 9.90 Å². The molecule has 0 aliphatic carbocycles. The van der Waals surface area contributed by atoms with Crippen molar-refractivity contribution in [2.24, 2.45) is 0 Å². The Bertz CT molecular complexity index is 271. The second-order valence-corrected chi connectivity index (χ2v) is 2.11. The zero-order valence-electron chi connectivity index (χ0n) is 6.13. The molecule has 0 unspecified atom stereocenters. The molecule has 0 aliphatic rings. The van der Waals surface area contributed by atoms with Crippen LogP contribution in [0.5, 0.6) is 5.75 Å². The van der Waals surface area contributed by atoms with Crippen LogP contribution in [0.1, 0.15) is 10.4 Å². The van der Waals surface area contributed by atoms with Gasteiger partial charge in [0.2, 0.25) is 0 Å². The predicted octanol–water partition coefficient (Wildman–Crippen LogP) is 1.19. The van der Waals surface area contributed by atoms with Gasteiger partial charge in [0.25, 0.3) is 5.91 Å². The minimum Gasteiger partial charge on any atom is -0.355 e. The lowest BCUT2D eigenvalue weighted by atomic mass is 10.2. The molecule has 1 amide bonds. The Kier molecular flexibility index (Phi) is 2.11. The molecule has 1 aromatic carbocycles. The van der Waals surface area contributed by atoms with E-state index in [2.05, 4.69) is 5.32 Å². The van der Waals surface area contributed by atoms with Gasteiger partial charge in [-0.2, -0.15) is 0 Å². The number of carbonyl (C=O) groups excluding carboxylic acids is 1. The Morgan fingerprint density at radius 3 is 2.73 bits per heavy atom. The third kappa shape index (κ3) is 1.70. The fraction of sp³-hybridized carbons (Fsp3) is 0.125. The molecule has 0 atom stereocenters. The van der Waals surface area contributed by atoms with E-state index in [0.29, 0.717) is 5.56 Å². The van der Waals surface area contributed by atoms with E-state index in [4.69, 9.17) is 0 Å². The molecule has 3 heteroatoms. The molecule has 0 saturated heterocycles. The standard InChI is InChI=1S/C8H8NO2/c1-9-8(11)6-3-2-4-7(10)5-6/h2-5H,1H3,(H,9,11). The van der Waals surface area contributed by atoms with Crippen molar-refractivity contribution in [3.8, 4) is 5.75 Å². The first-order valence-corrected chi connectivity index (χ1v) is 3.23. The number of benzene rings is 1. The average Bonchev–Trinajstić information content (AvgIpc) is 2.03. The van der Waals surface area contributed by atoms with E-state index in [1.807, 2.05) is 0 Å². The Hall–Kier alpha value is -1.51. The fourth-order valence-corrected chi connectivity index (χ4v) is 0.782. The highest BCUT2D eigenvalue weighted by Crippen LogP contribution is 2.10. The number of rotatable bonds is 1. The van der Waals surface area contributed by atoms with Crippen LogP contribution in [0.4, 0.5) is 0 Å². The van der Waals surface area contributed by atoms with Crippen molar-refractivity contribution in [3.05, 3.63) is 29.8 Å². The number of hydrogen-bond acceptors (Lipinski definition) is 1. The number of hydrogen-bond donors (Lipinski definition) is 1. The van der Waals surface area contributed by atoms with Gasteiger partial charge in [0, 0.05) is 12.6 Å². The maximum Gasteiger partial charge on any atom is 0.251 e. The molecular formula is C8H8NO2. The van der Waals surface area contributed by atoms with Crippen LogP contribution >= 0.6 is 0 Å². The van der Waals surface area contributed by atoms with E-state index in [0.717, 1.165) is 0 Å². The van der Waals surface area contributed by atoms with Crippen molar-refractivity contribution < 1.29 is 9.90 Å². The lowest BCUT2D eigenvalue weighted by Crippen LogP contribution is -2.17. The van der Waals surface area contributed by atoms with Crippen LogP contribution in [0.25, 0.3) is 0 Å². The third-order valence-corrected chi connectivity index (χ3v) is 1.32. The highest BCUT2D eigenvalue weighted by Gasteiger charge is 2.02. The molecule has 0 bridgehead atoms. The predicted molar refractivity (Wildman–Crippen MR) is 40.0 cm³/mol. The topological polar surface area (TPSA) is 49.0 Å². The van der Waals surface area contributed by atoms with E-state index in [-0.39, 0.29) is 11.7 Å². The molecule has 1 aromatic rings. The van der Waals surface area contributed by atoms with Crippen LogP contribution < -0.4 is 5.32 Å². The van der Waals surface area contributed by atoms with Crippen molar-refractivity contribution in [1.29, 1.82) is 0 Å². The van der Waals surface area contributed by atoms with Crippen molar-refractivity contribution in [3.63, 3.8) is 0 Å². The van der Waals surface area contributed by atoms with E-state index in [1.165, 1.54) is 19.2 Å². The Balaban J connectivity index is 2.96. The smallest absolute Gasteiger partial charge is 0.251 e. The van der Waals surface area contributed by atoms with E-state index in [1.54, 1.807) is 12.1 Å². The molecule has 3 nitrogen and oxygen atoms in total. The minimum atomic E-state index is -0.234. The average molecular weight is 150 g/mol. The van der Waals surface area contributed by atoms with Gasteiger partial charge in [-0.1, -0.05) is 6.07 Å². The van der Waals surface area contributed by atoms with Crippen LogP contribution in [0.2, 0.25) is 0 Å². The zero-order chi connectivity index (χ0) is 8.27. The van der Waals surface area contributed by atoms with Gasteiger partial charge in [0.05, 0.1) is 0 Å². The first-order chi connectivity index (χ1) is 5.24. The van der Waals surface area contributed by atoms with Gasteiger partial charge in [-0.05, 0) is 18.2 Å². The summed E-state index contributed by atoms with van der Waals surface area (Å²) in [4.78, 5) is 10.9. The second-order valence-electron chi connectivity index (χ2n) is 2.11. The first kappa shape index (κ1) is 7.60. The van der Waals surface area contributed by atoms with Gasteiger partial charge in [0.15, 0.2) is 5.75 Å². The summed E-state index contributed by atoms with van der Waals surface area (Å²) in [5.74, 6) is -0.381. The van der Waals surface area contributed by atoms with Crippen molar-refractivity contribution >= 4 is 5.91 Å². The van der Waals surface area contributed by atoms with Crippen LogP contribution in [0, 0.1) is 0 Å². The minimum absolute atomic E-state index is 0.147. The van der Waals surface area contributed by atoms with Crippen molar-refractivity contribution in [2.45, 2.75) is 0 Å². The van der Waals surface area contributed by atoms with Gasteiger partial charge in [-0.25, -0.2) is 0 Å². The van der Waals surface area contributed by atoms with E-state index in [9.17, 15) is 9.90 Å². The molecule has 1 rings (SSSR count). The summed E-state index contributed by atoms with van der Waals surface area (Å²) in [7, 11) is 1.53. The molecule has 0 aromatic heterocycles. The summed E-state index contributed by atoms with van der Waals surface area (Å²) in [5, 5.41) is 13.2. The third-order valence-electron chi connectivity index (χ3n) is 1.32. The number of carbonyl (C=O) groups is 1. The van der Waals surface area contributed by atoms with Gasteiger partial charge >= 0.3 is 0 Å². The molecule has 1 N–H and O–H groups in total. The maximum absolute atomic E-state index is 10.9. The van der Waals surface area contributed by atoms with Gasteiger partial charge < -0.3 is 5.32 Å². The number of amides is 1. The van der Waals surface area contributed by atoms with Crippen LogP contribution in [-0.2, 0) is 5.11 Å². The van der Waals surface area contributed by atoms with Gasteiger partial charge in [0.1, 0.15) is 0 Å². The molecular weight excluding hydrogens is 142 g/mol. The summed E-state index contributed by atoms with van der Waals surface area (Å²) in [6, 6.07) is 5.87. The SMILES string of the molecule is CNC(=O)c1cccc([O])c1. The largest absolute Gasteiger partial charge is 0.355 e. The fourth-order valence-electron chi connectivity index (χ4n) is 0.782. The summed E-state index contributed by atoms with van der Waals surface area (Å²) in [6.45, 7) is 0. The van der Waals surface area contributed by atoms with E-state index < -0.39 is 0 Å². The first-order valence-electron chi connectivity index (χ1n) is 3.23. The van der Waals surface area contributed by atoms with Crippen molar-refractivity contribution in [1.82, 2.24) is 5.32 Å². The Morgan fingerprint density at radius 1 is 1.45 bits per heavy atom. The Morgan fingerprint density at radius 2 is 2.18 bits per heavy atom. The molecule has 57 valence electrons. The monoisotopic (exact) mass is 150 g/mol. The quantitative estimate of drug-likeness (QED) is 0.642. The molecule has 0 heterocycles. The van der Waals surface area contributed by atoms with Crippen LogP contribution in [-0.4, -0.2) is 13.0 Å². The van der Waals surface area contributed by atoms with Crippen molar-refractivity contribution in [2.75, 3.05) is 7.05 Å². The lowest BCUT2D eigenvalue weighted by Gasteiger charge is -1.97. The van der Waals surface area contributed by atoms with Gasteiger partial charge in [-0.15, -0.1) is 0 Å². The normalized spacial score (nSPS) is 9.18. The summed E-state index contributed by atoms with van der Waals surface area (Å²) in [6.07, 6.45) is 0. The summed E-state index contributed by atoms with van der Waals surface area (Å²) < 4.78 is 0. The molecule has 1 radical (unpaired) electrons. The summed E-state index contributed by atoms with van der Waals surface area (Å²) in [5.41, 5.74) is 0.403.